The fourth-order valence-electron chi connectivity index (χ4n) is 3.35. The first kappa shape index (κ1) is 15.9. The molecular weight excluding hydrogens is 319 g/mol. The van der Waals surface area contributed by atoms with Crippen molar-refractivity contribution in [2.24, 2.45) is 17.7 Å². The molecule has 1 aliphatic rings. The van der Waals surface area contributed by atoms with Crippen molar-refractivity contribution in [1.82, 2.24) is 5.43 Å². The summed E-state index contributed by atoms with van der Waals surface area (Å²) in [6.45, 7) is 2.27. The predicted molar refractivity (Wildman–Crippen MR) is 84.7 cm³/mol. The fourth-order valence-corrected chi connectivity index (χ4v) is 3.87. The van der Waals surface area contributed by atoms with Gasteiger partial charge in [-0.1, -0.05) is 48.2 Å². The van der Waals surface area contributed by atoms with Crippen molar-refractivity contribution in [3.8, 4) is 0 Å². The molecule has 4 heteroatoms. The number of hydrogen-bond acceptors (Lipinski definition) is 2. The summed E-state index contributed by atoms with van der Waals surface area (Å²) in [4.78, 5) is 0. The molecule has 1 aromatic rings. The minimum atomic E-state index is -0.207. The summed E-state index contributed by atoms with van der Waals surface area (Å²) in [5.74, 6) is 7.03. The largest absolute Gasteiger partial charge is 0.271 e. The number of nitrogens with two attached hydrogens (primary N) is 1. The Morgan fingerprint density at radius 1 is 1.45 bits per heavy atom. The summed E-state index contributed by atoms with van der Waals surface area (Å²) in [7, 11) is 0. The van der Waals surface area contributed by atoms with Gasteiger partial charge in [-0.15, -0.1) is 0 Å². The zero-order chi connectivity index (χ0) is 14.5. The first-order chi connectivity index (χ1) is 9.63. The van der Waals surface area contributed by atoms with Crippen LogP contribution in [0.4, 0.5) is 4.39 Å². The van der Waals surface area contributed by atoms with Gasteiger partial charge in [-0.25, -0.2) is 4.39 Å². The molecule has 3 atom stereocenters. The lowest BCUT2D eigenvalue weighted by molar-refractivity contribution is 0.208. The Morgan fingerprint density at radius 2 is 2.25 bits per heavy atom. The third-order valence-corrected chi connectivity index (χ3v) is 5.38. The van der Waals surface area contributed by atoms with Gasteiger partial charge in [-0.05, 0) is 48.8 Å². The van der Waals surface area contributed by atoms with Gasteiger partial charge in [-0.3, -0.25) is 11.3 Å². The van der Waals surface area contributed by atoms with Crippen LogP contribution in [0.2, 0.25) is 0 Å². The number of hydrogen-bond donors (Lipinski definition) is 2. The zero-order valence-corrected chi connectivity index (χ0v) is 13.6. The predicted octanol–water partition coefficient (Wildman–Crippen LogP) is 4.18. The first-order valence-electron chi connectivity index (χ1n) is 7.54. The molecule has 0 bridgehead atoms. The van der Waals surface area contributed by atoms with Crippen molar-refractivity contribution >= 4 is 15.9 Å². The van der Waals surface area contributed by atoms with E-state index in [1.165, 1.54) is 44.2 Å². The number of nitrogens with one attached hydrogen (secondary N) is 1. The van der Waals surface area contributed by atoms with E-state index in [0.717, 1.165) is 22.4 Å². The smallest absolute Gasteiger partial charge is 0.124 e. The average molecular weight is 343 g/mol. The summed E-state index contributed by atoms with van der Waals surface area (Å²) in [6, 6.07) is 5.16. The van der Waals surface area contributed by atoms with Gasteiger partial charge in [0.05, 0.1) is 0 Å². The van der Waals surface area contributed by atoms with Crippen molar-refractivity contribution in [3.05, 3.63) is 34.1 Å². The Kier molecular flexibility index (Phi) is 6.00. The zero-order valence-electron chi connectivity index (χ0n) is 12.0. The molecule has 112 valence electrons. The Balaban J connectivity index is 2.04. The molecule has 0 spiro atoms. The Labute approximate surface area is 129 Å². The molecule has 20 heavy (non-hydrogen) atoms. The molecule has 0 amide bonds. The lowest BCUT2D eigenvalue weighted by Gasteiger charge is -2.34. The van der Waals surface area contributed by atoms with E-state index in [1.807, 2.05) is 6.07 Å². The van der Waals surface area contributed by atoms with Gasteiger partial charge in [0.2, 0.25) is 0 Å². The van der Waals surface area contributed by atoms with E-state index in [-0.39, 0.29) is 11.9 Å². The summed E-state index contributed by atoms with van der Waals surface area (Å²) in [6.07, 6.45) is 7.25. The van der Waals surface area contributed by atoms with Gasteiger partial charge in [0.25, 0.3) is 0 Å². The van der Waals surface area contributed by atoms with Crippen molar-refractivity contribution < 1.29 is 4.39 Å². The standard InChI is InChI=1S/C16H24BrFN2/c1-2-11-4-3-5-13(8-11)16(20-19)9-12-6-7-14(18)10-15(12)17/h6-7,10-11,13,16,20H,2-5,8-9,19H2,1H3. The Hall–Kier alpha value is -0.450. The van der Waals surface area contributed by atoms with Crippen LogP contribution in [0, 0.1) is 17.7 Å². The second-order valence-electron chi connectivity index (χ2n) is 5.91. The molecule has 0 aliphatic heterocycles. The maximum absolute atomic E-state index is 13.1. The van der Waals surface area contributed by atoms with Crippen LogP contribution in [-0.4, -0.2) is 6.04 Å². The molecule has 1 fully saturated rings. The summed E-state index contributed by atoms with van der Waals surface area (Å²) >= 11 is 3.45. The molecule has 1 aliphatic carbocycles. The molecule has 0 aromatic heterocycles. The number of halogens is 2. The van der Waals surface area contributed by atoms with Gasteiger partial charge in [0.1, 0.15) is 5.82 Å². The van der Waals surface area contributed by atoms with Gasteiger partial charge in [-0.2, -0.15) is 0 Å². The monoisotopic (exact) mass is 342 g/mol. The molecule has 3 N–H and O–H groups in total. The van der Waals surface area contributed by atoms with Crippen LogP contribution in [0.1, 0.15) is 44.6 Å². The van der Waals surface area contributed by atoms with E-state index in [1.54, 1.807) is 0 Å². The Bertz CT molecular complexity index is 438. The summed E-state index contributed by atoms with van der Waals surface area (Å²) < 4.78 is 14.0. The van der Waals surface area contributed by atoms with Crippen molar-refractivity contribution in [1.29, 1.82) is 0 Å². The van der Waals surface area contributed by atoms with Crippen molar-refractivity contribution in [2.75, 3.05) is 0 Å². The van der Waals surface area contributed by atoms with Crippen molar-refractivity contribution in [2.45, 2.75) is 51.5 Å². The number of hydrazine groups is 1. The topological polar surface area (TPSA) is 38.0 Å². The van der Waals surface area contributed by atoms with Crippen molar-refractivity contribution in [3.63, 3.8) is 0 Å². The van der Waals surface area contributed by atoms with E-state index in [2.05, 4.69) is 28.3 Å². The molecule has 3 unspecified atom stereocenters. The maximum Gasteiger partial charge on any atom is 0.124 e. The van der Waals surface area contributed by atoms with E-state index >= 15 is 0 Å². The van der Waals surface area contributed by atoms with E-state index in [4.69, 9.17) is 5.84 Å². The number of rotatable bonds is 5. The SMILES string of the molecule is CCC1CCCC(C(Cc2ccc(F)cc2Br)NN)C1. The van der Waals surface area contributed by atoms with Crippen LogP contribution >= 0.6 is 15.9 Å². The molecule has 0 heterocycles. The molecule has 0 saturated heterocycles. The quantitative estimate of drug-likeness (QED) is 0.622. The highest BCUT2D eigenvalue weighted by atomic mass is 79.9. The molecule has 0 radical (unpaired) electrons. The third-order valence-electron chi connectivity index (χ3n) is 4.64. The second-order valence-corrected chi connectivity index (χ2v) is 6.77. The fraction of sp³-hybridized carbons (Fsp3) is 0.625. The molecular formula is C16H24BrFN2. The van der Waals surface area contributed by atoms with Crippen LogP contribution in [-0.2, 0) is 6.42 Å². The minimum absolute atomic E-state index is 0.207. The van der Waals surface area contributed by atoms with Gasteiger partial charge in [0.15, 0.2) is 0 Å². The van der Waals surface area contributed by atoms with Crippen LogP contribution < -0.4 is 11.3 Å². The van der Waals surface area contributed by atoms with E-state index in [0.29, 0.717) is 5.92 Å². The lowest BCUT2D eigenvalue weighted by Crippen LogP contribution is -2.44. The summed E-state index contributed by atoms with van der Waals surface area (Å²) in [5, 5.41) is 0. The Morgan fingerprint density at radius 3 is 2.90 bits per heavy atom. The maximum atomic E-state index is 13.1. The molecule has 2 nitrogen and oxygen atoms in total. The van der Waals surface area contributed by atoms with Crippen LogP contribution in [0.25, 0.3) is 0 Å². The second kappa shape index (κ2) is 7.53. The number of benzene rings is 1. The molecule has 2 rings (SSSR count). The van der Waals surface area contributed by atoms with Crippen LogP contribution in [0.5, 0.6) is 0 Å². The first-order valence-corrected chi connectivity index (χ1v) is 8.33. The average Bonchev–Trinajstić information content (AvgIpc) is 2.46. The van der Waals surface area contributed by atoms with Crippen LogP contribution in [0.15, 0.2) is 22.7 Å². The summed E-state index contributed by atoms with van der Waals surface area (Å²) in [5.41, 5.74) is 4.11. The highest BCUT2D eigenvalue weighted by Crippen LogP contribution is 2.34. The van der Waals surface area contributed by atoms with Gasteiger partial charge < -0.3 is 0 Å². The van der Waals surface area contributed by atoms with E-state index < -0.39 is 0 Å². The molecule has 1 aromatic carbocycles. The van der Waals surface area contributed by atoms with Gasteiger partial charge >= 0.3 is 0 Å². The minimum Gasteiger partial charge on any atom is -0.271 e. The van der Waals surface area contributed by atoms with Gasteiger partial charge in [0, 0.05) is 10.5 Å². The highest BCUT2D eigenvalue weighted by molar-refractivity contribution is 9.10. The van der Waals surface area contributed by atoms with E-state index in [9.17, 15) is 4.39 Å². The lowest BCUT2D eigenvalue weighted by atomic mass is 9.75. The highest BCUT2D eigenvalue weighted by Gasteiger charge is 2.27. The third kappa shape index (κ3) is 4.03. The normalized spacial score (nSPS) is 24.6. The molecule has 1 saturated carbocycles. The van der Waals surface area contributed by atoms with Crippen LogP contribution in [0.3, 0.4) is 0 Å².